The van der Waals surface area contributed by atoms with E-state index in [9.17, 15) is 0 Å². The lowest BCUT2D eigenvalue weighted by Crippen LogP contribution is -2.37. The quantitative estimate of drug-likeness (QED) is 0.292. The number of pyridine rings is 1. The molecule has 7 heteroatoms. The third-order valence-electron chi connectivity index (χ3n) is 7.06. The van der Waals surface area contributed by atoms with E-state index in [1.807, 2.05) is 36.5 Å². The van der Waals surface area contributed by atoms with Gasteiger partial charge in [-0.15, -0.1) is 0 Å². The summed E-state index contributed by atoms with van der Waals surface area (Å²) in [4.78, 5) is 4.69. The van der Waals surface area contributed by atoms with Gasteiger partial charge in [-0.1, -0.05) is 26.8 Å². The van der Waals surface area contributed by atoms with E-state index in [-0.39, 0.29) is 12.4 Å². The summed E-state index contributed by atoms with van der Waals surface area (Å²) in [6.45, 7) is 9.20. The van der Waals surface area contributed by atoms with Crippen LogP contribution in [-0.4, -0.2) is 27.5 Å². The molecule has 0 amide bonds. The number of ether oxygens (including phenoxy) is 4. The number of hydrogen-bond donors (Lipinski definition) is 0. The second-order valence-electron chi connectivity index (χ2n) is 8.76. The van der Waals surface area contributed by atoms with E-state index in [0.717, 1.165) is 51.5 Å². The van der Waals surface area contributed by atoms with Crippen molar-refractivity contribution in [3.05, 3.63) is 59.3 Å². The standard InChI is InChI=1S/C27H35NO5Si/c1-7-34(8-2,9-3)33-27-26-21-15-20(11-12-23(21)28-16-22(26)18(4)32-27)31-17-19-10-13-24(29-5)25(14-19)30-6/h10-16,18,27H,7-9,17H2,1-6H3. The zero-order chi connectivity index (χ0) is 24.3. The predicted molar refractivity (Wildman–Crippen MR) is 136 cm³/mol. The lowest BCUT2D eigenvalue weighted by atomic mass is 10.0. The highest BCUT2D eigenvalue weighted by atomic mass is 28.4. The molecule has 1 aliphatic heterocycles. The van der Waals surface area contributed by atoms with Crippen LogP contribution in [0.5, 0.6) is 17.2 Å². The lowest BCUT2D eigenvalue weighted by Gasteiger charge is -2.31. The molecule has 34 heavy (non-hydrogen) atoms. The first kappa shape index (κ1) is 24.5. The Labute approximate surface area is 203 Å². The molecule has 0 spiro atoms. The van der Waals surface area contributed by atoms with Crippen LogP contribution < -0.4 is 14.2 Å². The van der Waals surface area contributed by atoms with Crippen molar-refractivity contribution in [1.29, 1.82) is 0 Å². The van der Waals surface area contributed by atoms with Crippen LogP contribution in [0.4, 0.5) is 0 Å². The second kappa shape index (κ2) is 10.3. The zero-order valence-corrected chi connectivity index (χ0v) is 22.0. The lowest BCUT2D eigenvalue weighted by molar-refractivity contribution is -0.103. The van der Waals surface area contributed by atoms with Crippen LogP contribution in [0.2, 0.25) is 18.1 Å². The van der Waals surface area contributed by atoms with Gasteiger partial charge >= 0.3 is 0 Å². The van der Waals surface area contributed by atoms with Crippen molar-refractivity contribution in [1.82, 2.24) is 4.98 Å². The number of nitrogens with zero attached hydrogens (tertiary/aromatic N) is 1. The van der Waals surface area contributed by atoms with Crippen LogP contribution in [0.1, 0.15) is 56.8 Å². The van der Waals surface area contributed by atoms with E-state index in [1.165, 1.54) is 0 Å². The van der Waals surface area contributed by atoms with Gasteiger partial charge in [0.25, 0.3) is 0 Å². The third kappa shape index (κ3) is 4.65. The van der Waals surface area contributed by atoms with Crippen molar-refractivity contribution in [3.63, 3.8) is 0 Å². The Bertz CT molecular complexity index is 1140. The molecule has 2 atom stereocenters. The van der Waals surface area contributed by atoms with Gasteiger partial charge in [-0.3, -0.25) is 4.98 Å². The molecule has 3 aromatic rings. The summed E-state index contributed by atoms with van der Waals surface area (Å²) >= 11 is 0. The fraction of sp³-hybridized carbons (Fsp3) is 0.444. The predicted octanol–water partition coefficient (Wildman–Crippen LogP) is 6.94. The highest BCUT2D eigenvalue weighted by Gasteiger charge is 2.39. The van der Waals surface area contributed by atoms with Gasteiger partial charge in [0.1, 0.15) is 12.4 Å². The Morgan fingerprint density at radius 3 is 2.35 bits per heavy atom. The Hall–Kier alpha value is -2.61. The van der Waals surface area contributed by atoms with E-state index in [4.69, 9.17) is 23.4 Å². The Morgan fingerprint density at radius 2 is 1.68 bits per heavy atom. The molecule has 2 unspecified atom stereocenters. The minimum absolute atomic E-state index is 0.0505. The van der Waals surface area contributed by atoms with Crippen LogP contribution in [0, 0.1) is 0 Å². The number of hydrogen-bond acceptors (Lipinski definition) is 6. The molecule has 1 aliphatic rings. The fourth-order valence-corrected chi connectivity index (χ4v) is 7.29. The number of rotatable bonds is 10. The maximum Gasteiger partial charge on any atom is 0.195 e. The van der Waals surface area contributed by atoms with Gasteiger partial charge in [-0.2, -0.15) is 0 Å². The molecule has 0 saturated heterocycles. The topological polar surface area (TPSA) is 59.0 Å². The number of aromatic nitrogens is 1. The van der Waals surface area contributed by atoms with Crippen molar-refractivity contribution in [3.8, 4) is 17.2 Å². The van der Waals surface area contributed by atoms with Gasteiger partial charge in [-0.25, -0.2) is 0 Å². The first-order chi connectivity index (χ1) is 16.5. The molecular formula is C27H35NO5Si. The van der Waals surface area contributed by atoms with Crippen molar-refractivity contribution in [2.24, 2.45) is 0 Å². The summed E-state index contributed by atoms with van der Waals surface area (Å²) in [5.41, 5.74) is 4.11. The highest BCUT2D eigenvalue weighted by molar-refractivity contribution is 6.73. The van der Waals surface area contributed by atoms with Gasteiger partial charge < -0.3 is 23.4 Å². The molecule has 2 heterocycles. The number of fused-ring (bicyclic) bond motifs is 3. The van der Waals surface area contributed by atoms with Crippen molar-refractivity contribution in [2.75, 3.05) is 14.2 Å². The van der Waals surface area contributed by atoms with E-state index < -0.39 is 8.32 Å². The second-order valence-corrected chi connectivity index (χ2v) is 13.5. The first-order valence-electron chi connectivity index (χ1n) is 12.1. The molecular weight excluding hydrogens is 446 g/mol. The molecule has 0 N–H and O–H groups in total. The fourth-order valence-electron chi connectivity index (χ4n) is 4.66. The van der Waals surface area contributed by atoms with Gasteiger partial charge in [-0.05, 0) is 61.0 Å². The maximum absolute atomic E-state index is 6.79. The van der Waals surface area contributed by atoms with Crippen molar-refractivity contribution in [2.45, 2.75) is 64.8 Å². The smallest absolute Gasteiger partial charge is 0.195 e. The first-order valence-corrected chi connectivity index (χ1v) is 14.6. The summed E-state index contributed by atoms with van der Waals surface area (Å²) in [6.07, 6.45) is 1.52. The summed E-state index contributed by atoms with van der Waals surface area (Å²) in [5.74, 6) is 2.16. The minimum Gasteiger partial charge on any atom is -0.493 e. The van der Waals surface area contributed by atoms with Crippen LogP contribution in [0.25, 0.3) is 10.9 Å². The van der Waals surface area contributed by atoms with Crippen molar-refractivity contribution < 1.29 is 23.4 Å². The molecule has 1 aromatic heterocycles. The highest BCUT2D eigenvalue weighted by Crippen LogP contribution is 2.45. The SMILES string of the molecule is CC[Si](CC)(CC)OC1OC(C)c2cnc3ccc(OCc4ccc(OC)c(OC)c4)cc3c21. The maximum atomic E-state index is 6.79. The molecule has 4 rings (SSSR count). The van der Waals surface area contributed by atoms with Gasteiger partial charge in [0.05, 0.1) is 25.8 Å². The van der Waals surface area contributed by atoms with Crippen LogP contribution in [0.15, 0.2) is 42.6 Å². The van der Waals surface area contributed by atoms with Gasteiger partial charge in [0, 0.05) is 22.7 Å². The van der Waals surface area contributed by atoms with E-state index in [2.05, 4.69) is 38.7 Å². The summed E-state index contributed by atoms with van der Waals surface area (Å²) in [7, 11) is 1.41. The van der Waals surface area contributed by atoms with Crippen LogP contribution >= 0.6 is 0 Å². The van der Waals surface area contributed by atoms with E-state index in [0.29, 0.717) is 18.1 Å². The third-order valence-corrected chi connectivity index (χ3v) is 11.6. The van der Waals surface area contributed by atoms with Gasteiger partial charge in [0.15, 0.2) is 26.1 Å². The minimum atomic E-state index is -1.86. The summed E-state index contributed by atoms with van der Waals surface area (Å²) in [5, 5.41) is 1.03. The normalized spacial score (nSPS) is 17.6. The monoisotopic (exact) mass is 481 g/mol. The molecule has 2 aromatic carbocycles. The van der Waals surface area contributed by atoms with Gasteiger partial charge in [0.2, 0.25) is 0 Å². The molecule has 0 bridgehead atoms. The Morgan fingerprint density at radius 1 is 0.941 bits per heavy atom. The Balaban J connectivity index is 1.64. The molecule has 0 saturated carbocycles. The van der Waals surface area contributed by atoms with Crippen LogP contribution in [0.3, 0.4) is 0 Å². The molecule has 0 aliphatic carbocycles. The van der Waals surface area contributed by atoms with E-state index in [1.54, 1.807) is 14.2 Å². The molecule has 182 valence electrons. The largest absolute Gasteiger partial charge is 0.493 e. The Kier molecular flexibility index (Phi) is 7.45. The van der Waals surface area contributed by atoms with Crippen LogP contribution in [-0.2, 0) is 15.8 Å². The molecule has 0 fully saturated rings. The molecule has 0 radical (unpaired) electrons. The number of methoxy groups -OCH3 is 2. The van der Waals surface area contributed by atoms with E-state index >= 15 is 0 Å². The number of benzene rings is 2. The molecule has 6 nitrogen and oxygen atoms in total. The summed E-state index contributed by atoms with van der Waals surface area (Å²) < 4.78 is 30.0. The summed E-state index contributed by atoms with van der Waals surface area (Å²) in [6, 6.07) is 15.1. The zero-order valence-electron chi connectivity index (χ0n) is 21.0. The average molecular weight is 482 g/mol. The average Bonchev–Trinajstić information content (AvgIpc) is 3.20. The van der Waals surface area contributed by atoms with Crippen molar-refractivity contribution >= 4 is 19.2 Å².